The monoisotopic (exact) mass is 344 g/mol. The van der Waals surface area contributed by atoms with Crippen molar-refractivity contribution in [1.82, 2.24) is 20.0 Å². The Kier molecular flexibility index (Phi) is 5.01. The standard InChI is InChI=1S/C18H24N4O3/c1-4-13-11(3)10-12(17(23)19-13)18(24)22-9-7-6-8-14(22)16-20-15(5-2)25-21-16/h10,14H,4-9H2,1-3H3,(H,19,23). The van der Waals surface area contributed by atoms with Crippen LogP contribution in [0.15, 0.2) is 15.4 Å². The van der Waals surface area contributed by atoms with Gasteiger partial charge >= 0.3 is 0 Å². The zero-order valence-electron chi connectivity index (χ0n) is 15.0. The highest BCUT2D eigenvalue weighted by Crippen LogP contribution is 2.30. The average molecular weight is 344 g/mol. The number of piperidine rings is 1. The van der Waals surface area contributed by atoms with Crippen LogP contribution in [0.4, 0.5) is 0 Å². The van der Waals surface area contributed by atoms with Gasteiger partial charge in [0.05, 0.1) is 6.04 Å². The summed E-state index contributed by atoms with van der Waals surface area (Å²) in [5, 5.41) is 4.04. The third-order valence-corrected chi connectivity index (χ3v) is 4.78. The lowest BCUT2D eigenvalue weighted by atomic mass is 10.00. The molecule has 1 amide bonds. The van der Waals surface area contributed by atoms with E-state index in [1.165, 1.54) is 0 Å². The van der Waals surface area contributed by atoms with E-state index < -0.39 is 0 Å². The summed E-state index contributed by atoms with van der Waals surface area (Å²) in [4.78, 5) is 34.4. The molecule has 3 rings (SSSR count). The van der Waals surface area contributed by atoms with Gasteiger partial charge in [-0.15, -0.1) is 0 Å². The highest BCUT2D eigenvalue weighted by molar-refractivity contribution is 5.94. The van der Waals surface area contributed by atoms with Crippen molar-refractivity contribution in [1.29, 1.82) is 0 Å². The van der Waals surface area contributed by atoms with Crippen LogP contribution in [-0.4, -0.2) is 32.5 Å². The van der Waals surface area contributed by atoms with Crippen molar-refractivity contribution in [3.63, 3.8) is 0 Å². The average Bonchev–Trinajstić information content (AvgIpc) is 3.11. The molecule has 3 heterocycles. The van der Waals surface area contributed by atoms with Gasteiger partial charge in [0.25, 0.3) is 11.5 Å². The van der Waals surface area contributed by atoms with Gasteiger partial charge in [0.1, 0.15) is 5.56 Å². The van der Waals surface area contributed by atoms with Crippen molar-refractivity contribution < 1.29 is 9.32 Å². The number of rotatable bonds is 4. The summed E-state index contributed by atoms with van der Waals surface area (Å²) in [5.74, 6) is 0.830. The normalized spacial score (nSPS) is 17.7. The van der Waals surface area contributed by atoms with Crippen LogP contribution in [0.3, 0.4) is 0 Å². The number of carbonyl (C=O) groups excluding carboxylic acids is 1. The fraction of sp³-hybridized carbons (Fsp3) is 0.556. The minimum absolute atomic E-state index is 0.181. The molecule has 0 bridgehead atoms. The van der Waals surface area contributed by atoms with Gasteiger partial charge in [-0.2, -0.15) is 4.98 Å². The predicted octanol–water partition coefficient (Wildman–Crippen LogP) is 2.56. The van der Waals surface area contributed by atoms with Gasteiger partial charge in [0, 0.05) is 18.7 Å². The highest BCUT2D eigenvalue weighted by Gasteiger charge is 2.33. The Morgan fingerprint density at radius 1 is 1.36 bits per heavy atom. The number of aromatic amines is 1. The first kappa shape index (κ1) is 17.4. The van der Waals surface area contributed by atoms with E-state index in [0.29, 0.717) is 24.7 Å². The molecular formula is C18H24N4O3. The zero-order chi connectivity index (χ0) is 18.0. The lowest BCUT2D eigenvalue weighted by molar-refractivity contribution is 0.0595. The van der Waals surface area contributed by atoms with Gasteiger partial charge in [-0.3, -0.25) is 9.59 Å². The maximum Gasteiger partial charge on any atom is 0.261 e. The number of hydrogen-bond donors (Lipinski definition) is 1. The molecule has 1 aliphatic heterocycles. The first-order valence-electron chi connectivity index (χ1n) is 8.91. The summed E-state index contributed by atoms with van der Waals surface area (Å²) in [7, 11) is 0. The Morgan fingerprint density at radius 2 is 2.16 bits per heavy atom. The van der Waals surface area contributed by atoms with Crippen molar-refractivity contribution in [3.8, 4) is 0 Å². The fourth-order valence-electron chi connectivity index (χ4n) is 3.34. The van der Waals surface area contributed by atoms with Crippen LogP contribution in [-0.2, 0) is 12.8 Å². The van der Waals surface area contributed by atoms with E-state index >= 15 is 0 Å². The molecule has 1 saturated heterocycles. The van der Waals surface area contributed by atoms with Gasteiger partial charge in [0.2, 0.25) is 5.89 Å². The Bertz CT molecular complexity index is 824. The topological polar surface area (TPSA) is 92.1 Å². The van der Waals surface area contributed by atoms with Crippen molar-refractivity contribution in [2.24, 2.45) is 0 Å². The second-order valence-corrected chi connectivity index (χ2v) is 6.44. The van der Waals surface area contributed by atoms with Crippen LogP contribution in [0.1, 0.15) is 72.5 Å². The van der Waals surface area contributed by atoms with Crippen molar-refractivity contribution >= 4 is 5.91 Å². The molecule has 1 atom stereocenters. The summed E-state index contributed by atoms with van der Waals surface area (Å²) >= 11 is 0. The quantitative estimate of drug-likeness (QED) is 0.920. The van der Waals surface area contributed by atoms with E-state index in [0.717, 1.165) is 36.9 Å². The van der Waals surface area contributed by atoms with Crippen LogP contribution in [0, 0.1) is 6.92 Å². The number of H-pyrrole nitrogens is 1. The molecule has 0 radical (unpaired) electrons. The summed E-state index contributed by atoms with van der Waals surface area (Å²) in [6.07, 6.45) is 4.06. The third kappa shape index (κ3) is 3.36. The van der Waals surface area contributed by atoms with Crippen LogP contribution in [0.5, 0.6) is 0 Å². The van der Waals surface area contributed by atoms with Crippen LogP contribution < -0.4 is 5.56 Å². The number of hydrogen-bond acceptors (Lipinski definition) is 5. The third-order valence-electron chi connectivity index (χ3n) is 4.78. The molecule has 1 N–H and O–H groups in total. The Hall–Kier alpha value is -2.44. The first-order chi connectivity index (χ1) is 12.0. The molecule has 0 aliphatic carbocycles. The van der Waals surface area contributed by atoms with Crippen molar-refractivity contribution in [2.45, 2.75) is 58.9 Å². The van der Waals surface area contributed by atoms with Crippen molar-refractivity contribution in [2.75, 3.05) is 6.54 Å². The Labute approximate surface area is 146 Å². The SMILES string of the molecule is CCc1nc(C2CCCCN2C(=O)c2cc(C)c(CC)[nH]c2=O)no1. The largest absolute Gasteiger partial charge is 0.339 e. The molecule has 134 valence electrons. The molecule has 2 aromatic heterocycles. The first-order valence-corrected chi connectivity index (χ1v) is 8.91. The van der Waals surface area contributed by atoms with Crippen molar-refractivity contribution in [3.05, 3.63) is 45.0 Å². The van der Waals surface area contributed by atoms with Crippen LogP contribution >= 0.6 is 0 Å². The summed E-state index contributed by atoms with van der Waals surface area (Å²) in [5.41, 5.74) is 1.63. The number of carbonyl (C=O) groups is 1. The van der Waals surface area contributed by atoms with Crippen LogP contribution in [0.2, 0.25) is 0 Å². The maximum absolute atomic E-state index is 13.1. The number of likely N-dealkylation sites (tertiary alicyclic amines) is 1. The smallest absolute Gasteiger partial charge is 0.261 e. The molecule has 7 heteroatoms. The molecule has 1 unspecified atom stereocenters. The lowest BCUT2D eigenvalue weighted by Crippen LogP contribution is -2.41. The number of amides is 1. The second-order valence-electron chi connectivity index (χ2n) is 6.44. The number of nitrogens with zero attached hydrogens (tertiary/aromatic N) is 3. The van der Waals surface area contributed by atoms with E-state index in [4.69, 9.17) is 4.52 Å². The minimum atomic E-state index is -0.334. The molecule has 1 fully saturated rings. The summed E-state index contributed by atoms with van der Waals surface area (Å²) in [6.45, 7) is 6.42. The van der Waals surface area contributed by atoms with Gasteiger partial charge in [-0.05, 0) is 44.2 Å². The van der Waals surface area contributed by atoms with E-state index in [1.807, 2.05) is 20.8 Å². The number of aryl methyl sites for hydroxylation is 3. The van der Waals surface area contributed by atoms with Gasteiger partial charge in [0.15, 0.2) is 5.82 Å². The molecule has 0 saturated carbocycles. The molecule has 25 heavy (non-hydrogen) atoms. The highest BCUT2D eigenvalue weighted by atomic mass is 16.5. The molecular weight excluding hydrogens is 320 g/mol. The number of nitrogens with one attached hydrogen (secondary N) is 1. The molecule has 2 aromatic rings. The predicted molar refractivity (Wildman–Crippen MR) is 92.5 cm³/mol. The molecule has 7 nitrogen and oxygen atoms in total. The zero-order valence-corrected chi connectivity index (χ0v) is 15.0. The number of aromatic nitrogens is 3. The van der Waals surface area contributed by atoms with Gasteiger partial charge < -0.3 is 14.4 Å². The van der Waals surface area contributed by atoms with Gasteiger partial charge in [-0.25, -0.2) is 0 Å². The fourth-order valence-corrected chi connectivity index (χ4v) is 3.34. The molecule has 1 aliphatic rings. The summed E-state index contributed by atoms with van der Waals surface area (Å²) < 4.78 is 5.21. The Morgan fingerprint density at radius 3 is 2.84 bits per heavy atom. The summed E-state index contributed by atoms with van der Waals surface area (Å²) in [6, 6.07) is 1.45. The molecule has 0 aromatic carbocycles. The van der Waals surface area contributed by atoms with E-state index in [1.54, 1.807) is 11.0 Å². The van der Waals surface area contributed by atoms with Crippen LogP contribution in [0.25, 0.3) is 0 Å². The maximum atomic E-state index is 13.1. The Balaban J connectivity index is 1.93. The second kappa shape index (κ2) is 7.21. The van der Waals surface area contributed by atoms with E-state index in [9.17, 15) is 9.59 Å². The lowest BCUT2D eigenvalue weighted by Gasteiger charge is -2.33. The van der Waals surface area contributed by atoms with E-state index in [2.05, 4.69) is 15.1 Å². The molecule has 0 spiro atoms. The minimum Gasteiger partial charge on any atom is -0.339 e. The van der Waals surface area contributed by atoms with E-state index in [-0.39, 0.29) is 23.1 Å². The van der Waals surface area contributed by atoms with Gasteiger partial charge in [-0.1, -0.05) is 19.0 Å². The number of pyridine rings is 1.